The van der Waals surface area contributed by atoms with Gasteiger partial charge in [-0.1, -0.05) is 41.9 Å². The van der Waals surface area contributed by atoms with Gasteiger partial charge in [-0.05, 0) is 36.8 Å². The van der Waals surface area contributed by atoms with Gasteiger partial charge >= 0.3 is 5.69 Å². The van der Waals surface area contributed by atoms with Crippen LogP contribution in [0.15, 0.2) is 70.4 Å². The lowest BCUT2D eigenvalue weighted by Gasteiger charge is -2.12. The van der Waals surface area contributed by atoms with Gasteiger partial charge in [0.2, 0.25) is 5.91 Å². The predicted octanol–water partition coefficient (Wildman–Crippen LogP) is 2.55. The normalized spacial score (nSPS) is 10.6. The van der Waals surface area contributed by atoms with Crippen molar-refractivity contribution in [3.63, 3.8) is 0 Å². The summed E-state index contributed by atoms with van der Waals surface area (Å²) >= 11 is 5.82. The number of anilines is 1. The van der Waals surface area contributed by atoms with Crippen LogP contribution in [-0.4, -0.2) is 20.8 Å². The molecule has 0 saturated carbocycles. The summed E-state index contributed by atoms with van der Waals surface area (Å²) in [4.78, 5) is 49.7. The van der Waals surface area contributed by atoms with E-state index in [9.17, 15) is 19.2 Å². The highest BCUT2D eigenvalue weighted by Crippen LogP contribution is 2.13. The SMILES string of the molecule is CC(=O)c1cn(CC(=O)Nc2ccc(Cl)cc2)c(=O)n(Cc2ccccc2)c1=O. The summed E-state index contributed by atoms with van der Waals surface area (Å²) in [6.45, 7) is 0.890. The smallest absolute Gasteiger partial charge is 0.325 e. The molecular weight excluding hydrogens is 394 g/mol. The highest BCUT2D eigenvalue weighted by atomic mass is 35.5. The molecular formula is C21H18ClN3O4. The largest absolute Gasteiger partial charge is 0.331 e. The molecule has 1 amide bonds. The number of rotatable bonds is 6. The summed E-state index contributed by atoms with van der Waals surface area (Å²) in [6.07, 6.45) is 1.13. The minimum atomic E-state index is -0.680. The van der Waals surface area contributed by atoms with Crippen LogP contribution in [0, 0.1) is 0 Å². The molecule has 0 fully saturated rings. The second-order valence-corrected chi connectivity index (χ2v) is 6.88. The van der Waals surface area contributed by atoms with Gasteiger partial charge in [0.05, 0.1) is 12.1 Å². The van der Waals surface area contributed by atoms with Gasteiger partial charge in [-0.15, -0.1) is 0 Å². The van der Waals surface area contributed by atoms with Crippen LogP contribution < -0.4 is 16.6 Å². The van der Waals surface area contributed by atoms with Gasteiger partial charge in [0.15, 0.2) is 5.78 Å². The molecule has 7 nitrogen and oxygen atoms in total. The molecule has 8 heteroatoms. The first kappa shape index (κ1) is 20.3. The minimum absolute atomic E-state index is 0.00156. The number of hydrogen-bond acceptors (Lipinski definition) is 4. The summed E-state index contributed by atoms with van der Waals surface area (Å²) in [5.41, 5.74) is -0.267. The highest BCUT2D eigenvalue weighted by molar-refractivity contribution is 6.30. The van der Waals surface area contributed by atoms with Crippen molar-refractivity contribution >= 4 is 29.0 Å². The summed E-state index contributed by atoms with van der Waals surface area (Å²) < 4.78 is 2.02. The van der Waals surface area contributed by atoms with Crippen molar-refractivity contribution in [1.82, 2.24) is 9.13 Å². The average molecular weight is 412 g/mol. The van der Waals surface area contributed by atoms with E-state index in [2.05, 4.69) is 5.32 Å². The Morgan fingerprint density at radius 2 is 1.66 bits per heavy atom. The van der Waals surface area contributed by atoms with Crippen molar-refractivity contribution in [3.05, 3.63) is 97.8 Å². The quantitative estimate of drug-likeness (QED) is 0.631. The van der Waals surface area contributed by atoms with Crippen LogP contribution in [-0.2, 0) is 17.9 Å². The zero-order valence-electron chi connectivity index (χ0n) is 15.6. The number of hydrogen-bond donors (Lipinski definition) is 1. The maximum atomic E-state index is 12.8. The van der Waals surface area contributed by atoms with Gasteiger partial charge in [0.1, 0.15) is 6.54 Å². The van der Waals surface area contributed by atoms with Gasteiger partial charge in [-0.25, -0.2) is 4.79 Å². The van der Waals surface area contributed by atoms with Crippen LogP contribution in [0.3, 0.4) is 0 Å². The number of aromatic nitrogens is 2. The Hall–Kier alpha value is -3.45. The van der Waals surface area contributed by atoms with Crippen molar-refractivity contribution in [3.8, 4) is 0 Å². The zero-order valence-corrected chi connectivity index (χ0v) is 16.3. The lowest BCUT2D eigenvalue weighted by Crippen LogP contribution is -2.43. The zero-order chi connectivity index (χ0) is 21.0. The molecule has 1 aromatic heterocycles. The number of nitrogens with one attached hydrogen (secondary N) is 1. The van der Waals surface area contributed by atoms with E-state index >= 15 is 0 Å². The number of halogens is 1. The van der Waals surface area contributed by atoms with Gasteiger partial charge in [0.25, 0.3) is 5.56 Å². The molecule has 2 aromatic carbocycles. The van der Waals surface area contributed by atoms with Crippen LogP contribution in [0.4, 0.5) is 5.69 Å². The fraction of sp³-hybridized carbons (Fsp3) is 0.143. The third-order valence-corrected chi connectivity index (χ3v) is 4.49. The molecule has 148 valence electrons. The Kier molecular flexibility index (Phi) is 6.09. The third kappa shape index (κ3) is 4.89. The van der Waals surface area contributed by atoms with Crippen molar-refractivity contribution in [2.24, 2.45) is 0 Å². The first-order valence-corrected chi connectivity index (χ1v) is 9.17. The number of nitrogens with zero attached hydrogens (tertiary/aromatic N) is 2. The maximum absolute atomic E-state index is 12.8. The molecule has 3 aromatic rings. The first-order chi connectivity index (χ1) is 13.8. The van der Waals surface area contributed by atoms with E-state index in [-0.39, 0.29) is 18.7 Å². The molecule has 1 N–H and O–H groups in total. The number of amides is 1. The predicted molar refractivity (Wildman–Crippen MR) is 111 cm³/mol. The van der Waals surface area contributed by atoms with E-state index in [1.807, 2.05) is 6.07 Å². The summed E-state index contributed by atoms with van der Waals surface area (Å²) in [5, 5.41) is 3.17. The van der Waals surface area contributed by atoms with Gasteiger partial charge < -0.3 is 5.32 Å². The van der Waals surface area contributed by atoms with Crippen molar-refractivity contribution < 1.29 is 9.59 Å². The van der Waals surface area contributed by atoms with E-state index in [0.717, 1.165) is 20.9 Å². The standard InChI is InChI=1S/C21H18ClN3O4/c1-14(26)18-12-24(13-19(27)23-17-9-7-16(22)8-10-17)21(29)25(20(18)28)11-15-5-3-2-4-6-15/h2-10,12H,11,13H2,1H3,(H,23,27). The summed E-state index contributed by atoms with van der Waals surface area (Å²) in [5.74, 6) is -0.961. The molecule has 0 bridgehead atoms. The Balaban J connectivity index is 1.94. The van der Waals surface area contributed by atoms with Crippen LogP contribution in [0.5, 0.6) is 0 Å². The molecule has 0 saturated heterocycles. The average Bonchev–Trinajstić information content (AvgIpc) is 2.69. The second-order valence-electron chi connectivity index (χ2n) is 6.44. The number of Topliss-reactive ketones (excluding diaryl/α,β-unsaturated/α-hetero) is 1. The molecule has 29 heavy (non-hydrogen) atoms. The van der Waals surface area contributed by atoms with Gasteiger partial charge in [-0.2, -0.15) is 0 Å². The maximum Gasteiger partial charge on any atom is 0.331 e. The van der Waals surface area contributed by atoms with E-state index in [0.29, 0.717) is 10.7 Å². The lowest BCUT2D eigenvalue weighted by molar-refractivity contribution is -0.116. The Bertz CT molecular complexity index is 1170. The Morgan fingerprint density at radius 1 is 1.00 bits per heavy atom. The van der Waals surface area contributed by atoms with Crippen LogP contribution in [0.25, 0.3) is 0 Å². The lowest BCUT2D eigenvalue weighted by atomic mass is 10.2. The molecule has 0 spiro atoms. The molecule has 0 unspecified atom stereocenters. The number of carbonyl (C=O) groups excluding carboxylic acids is 2. The van der Waals surface area contributed by atoms with Crippen LogP contribution in [0.1, 0.15) is 22.8 Å². The second kappa shape index (κ2) is 8.70. The number of ketones is 1. The summed E-state index contributed by atoms with van der Waals surface area (Å²) in [6, 6.07) is 15.4. The molecule has 0 aliphatic carbocycles. The first-order valence-electron chi connectivity index (χ1n) is 8.79. The fourth-order valence-electron chi connectivity index (χ4n) is 2.80. The molecule has 0 radical (unpaired) electrons. The van der Waals surface area contributed by atoms with E-state index < -0.39 is 22.9 Å². The van der Waals surface area contributed by atoms with E-state index in [1.165, 1.54) is 6.92 Å². The van der Waals surface area contributed by atoms with Gasteiger partial charge in [-0.3, -0.25) is 23.5 Å². The van der Waals surface area contributed by atoms with Gasteiger partial charge in [0, 0.05) is 16.9 Å². The number of benzene rings is 2. The topological polar surface area (TPSA) is 90.2 Å². The van der Waals surface area contributed by atoms with Crippen LogP contribution >= 0.6 is 11.6 Å². The molecule has 1 heterocycles. The van der Waals surface area contributed by atoms with Crippen molar-refractivity contribution in [1.29, 1.82) is 0 Å². The summed E-state index contributed by atoms with van der Waals surface area (Å²) in [7, 11) is 0. The molecule has 0 atom stereocenters. The molecule has 3 rings (SSSR count). The fourth-order valence-corrected chi connectivity index (χ4v) is 2.93. The van der Waals surface area contributed by atoms with E-state index in [1.54, 1.807) is 48.5 Å². The Labute approximate surface area is 171 Å². The van der Waals surface area contributed by atoms with Crippen molar-refractivity contribution in [2.75, 3.05) is 5.32 Å². The number of carbonyl (C=O) groups is 2. The van der Waals surface area contributed by atoms with Crippen LogP contribution in [0.2, 0.25) is 5.02 Å². The third-order valence-electron chi connectivity index (χ3n) is 4.24. The molecule has 0 aliphatic rings. The van der Waals surface area contributed by atoms with Crippen molar-refractivity contribution in [2.45, 2.75) is 20.0 Å². The Morgan fingerprint density at radius 3 is 2.28 bits per heavy atom. The highest BCUT2D eigenvalue weighted by Gasteiger charge is 2.16. The monoisotopic (exact) mass is 411 g/mol. The van der Waals surface area contributed by atoms with E-state index in [4.69, 9.17) is 11.6 Å². The minimum Gasteiger partial charge on any atom is -0.325 e. The molecule has 0 aliphatic heterocycles.